The van der Waals surface area contributed by atoms with Crippen LogP contribution in [-0.2, 0) is 45.3 Å². The Morgan fingerprint density at radius 3 is 1.24 bits per heavy atom. The summed E-state index contributed by atoms with van der Waals surface area (Å²) < 4.78 is 80.4. The summed E-state index contributed by atoms with van der Waals surface area (Å²) in [6, 6.07) is 3.34. The highest BCUT2D eigenvalue weighted by Gasteiger charge is 2.35. The minimum absolute atomic E-state index is 0.00678. The molecule has 0 saturated carbocycles. The smallest absolute Gasteiger partial charge is 0.279 e. The first-order valence-corrected chi connectivity index (χ1v) is 25.0. The van der Waals surface area contributed by atoms with Gasteiger partial charge in [-0.1, -0.05) is 13.8 Å². The van der Waals surface area contributed by atoms with Crippen molar-refractivity contribution < 1.29 is 35.8 Å². The Hall–Kier alpha value is -8.28. The van der Waals surface area contributed by atoms with Crippen molar-refractivity contribution in [3.05, 3.63) is 106 Å². The van der Waals surface area contributed by atoms with Crippen LogP contribution in [0.25, 0.3) is 34.4 Å². The molecule has 8 aromatic heterocycles. The van der Waals surface area contributed by atoms with Crippen LogP contribution < -0.4 is 30.1 Å². The van der Waals surface area contributed by atoms with E-state index in [-0.39, 0.29) is 46.4 Å². The van der Waals surface area contributed by atoms with E-state index in [0.29, 0.717) is 34.5 Å². The highest BCUT2D eigenvalue weighted by Crippen LogP contribution is 2.31. The first-order valence-electron chi connectivity index (χ1n) is 21.6. The fraction of sp³-hybridized carbons (Fsp3) is 0.381. The predicted octanol–water partition coefficient (Wildman–Crippen LogP) is 1.33. The molecule has 8 heterocycles. The molecule has 0 fully saturated rings. The Balaban J connectivity index is 0.000000211. The van der Waals surface area contributed by atoms with Crippen LogP contribution in [0.2, 0.25) is 0 Å². The van der Waals surface area contributed by atoms with Gasteiger partial charge in [0.2, 0.25) is 23.5 Å². The fourth-order valence-corrected chi connectivity index (χ4v) is 10.3. The number of rotatable bonds is 18. The molecule has 72 heavy (non-hydrogen) atoms. The number of aromatic amines is 2. The average Bonchev–Trinajstić information content (AvgIpc) is 4.20. The Morgan fingerprint density at radius 1 is 0.542 bits per heavy atom. The summed E-state index contributed by atoms with van der Waals surface area (Å²) >= 11 is 0. The van der Waals surface area contributed by atoms with E-state index in [4.69, 9.17) is 18.9 Å². The number of sulfone groups is 2. The summed E-state index contributed by atoms with van der Waals surface area (Å²) in [7, 11) is 1.44. The number of H-pyrrole nitrogens is 2. The molecule has 0 spiro atoms. The number of hydrogen-bond donors (Lipinski definition) is 2. The number of hydrogen-bond acceptors (Lipinski definition) is 22. The van der Waals surface area contributed by atoms with Gasteiger partial charge in [0, 0.05) is 38.3 Å². The third-order valence-corrected chi connectivity index (χ3v) is 16.0. The van der Waals surface area contributed by atoms with Gasteiger partial charge in [0.05, 0.1) is 87.8 Å². The van der Waals surface area contributed by atoms with Gasteiger partial charge in [0.25, 0.3) is 11.1 Å². The lowest BCUT2D eigenvalue weighted by molar-refractivity contribution is 0.393. The predicted molar refractivity (Wildman–Crippen MR) is 255 cm³/mol. The lowest BCUT2D eigenvalue weighted by Crippen LogP contribution is -2.28. The largest absolute Gasteiger partial charge is 0.480 e. The van der Waals surface area contributed by atoms with Gasteiger partial charge in [-0.15, -0.1) is 20.4 Å². The van der Waals surface area contributed by atoms with Gasteiger partial charge < -0.3 is 28.9 Å². The maximum Gasteiger partial charge on any atom is 0.279 e. The molecule has 0 unspecified atom stereocenters. The molecule has 30 heteroatoms. The Labute approximate surface area is 410 Å². The van der Waals surface area contributed by atoms with Crippen molar-refractivity contribution in [3.8, 4) is 57.9 Å². The number of ether oxygens (including phenoxy) is 4. The third-order valence-electron chi connectivity index (χ3n) is 11.6. The van der Waals surface area contributed by atoms with Gasteiger partial charge in [-0.25, -0.2) is 36.8 Å². The van der Waals surface area contributed by atoms with Crippen molar-refractivity contribution in [1.29, 1.82) is 0 Å². The molecule has 8 aromatic rings. The second-order valence-corrected chi connectivity index (χ2v) is 20.8. The van der Waals surface area contributed by atoms with Gasteiger partial charge in [-0.3, -0.25) is 38.1 Å². The van der Waals surface area contributed by atoms with E-state index in [1.165, 1.54) is 75.0 Å². The van der Waals surface area contributed by atoms with Gasteiger partial charge in [0.1, 0.15) is 22.9 Å². The van der Waals surface area contributed by atoms with E-state index >= 15 is 0 Å². The molecule has 0 bridgehead atoms. The van der Waals surface area contributed by atoms with E-state index in [1.54, 1.807) is 75.7 Å². The highest BCUT2D eigenvalue weighted by molar-refractivity contribution is 7.91. The molecule has 0 amide bonds. The van der Waals surface area contributed by atoms with Gasteiger partial charge >= 0.3 is 0 Å². The minimum atomic E-state index is -3.82. The van der Waals surface area contributed by atoms with E-state index in [2.05, 4.69) is 70.5 Å². The van der Waals surface area contributed by atoms with Crippen LogP contribution in [0.1, 0.15) is 62.6 Å². The molecular weight excluding hydrogens is 981 g/mol. The number of aryl methyl sites for hydroxylation is 2. The molecule has 2 N–H and O–H groups in total. The topological polar surface area (TPSA) is 345 Å². The molecule has 0 radical (unpaired) electrons. The second-order valence-electron chi connectivity index (χ2n) is 16.0. The van der Waals surface area contributed by atoms with E-state index in [1.807, 2.05) is 0 Å². The van der Waals surface area contributed by atoms with E-state index in [9.17, 15) is 26.4 Å². The number of aromatic nitrogens is 18. The minimum Gasteiger partial charge on any atom is -0.480 e. The van der Waals surface area contributed by atoms with Crippen LogP contribution in [0.4, 0.5) is 0 Å². The van der Waals surface area contributed by atoms with Gasteiger partial charge in [0.15, 0.2) is 54.3 Å². The van der Waals surface area contributed by atoms with Crippen molar-refractivity contribution in [3.63, 3.8) is 0 Å². The third kappa shape index (κ3) is 10.7. The summed E-state index contributed by atoms with van der Waals surface area (Å²) in [6.45, 7) is 6.67. The molecule has 0 saturated heterocycles. The Morgan fingerprint density at radius 2 is 0.931 bits per heavy atom. The van der Waals surface area contributed by atoms with Crippen LogP contribution >= 0.6 is 0 Å². The standard InChI is InChI=1S/2C21H25N9O5S/c2*1-12(15-8-23-17(34-4)9-22-15)13(2)36(32,33)10-16-26-27-19(14-6-7-29(3)28-14)30(16)18-20(31)24-11-25-21(18)35-5/h2*6-9,11-13H,10H2,1-5H3,(H,24,25,31)/t2*12-,13-/m00/s1. The van der Waals surface area contributed by atoms with Gasteiger partial charge in [-0.2, -0.15) is 10.2 Å². The van der Waals surface area contributed by atoms with Crippen molar-refractivity contribution in [2.75, 3.05) is 28.4 Å². The molecule has 0 aromatic carbocycles. The molecule has 0 aliphatic rings. The fourth-order valence-electron chi connectivity index (χ4n) is 7.20. The molecule has 380 valence electrons. The maximum absolute atomic E-state index is 13.5. The normalized spacial score (nSPS) is 13.4. The Bertz CT molecular complexity index is 3280. The lowest BCUT2D eigenvalue weighted by atomic mass is 10.1. The summed E-state index contributed by atoms with van der Waals surface area (Å²) in [5.41, 5.74) is 0.512. The van der Waals surface area contributed by atoms with Crippen LogP contribution in [0.15, 0.2) is 71.6 Å². The maximum atomic E-state index is 13.5. The molecule has 28 nitrogen and oxygen atoms in total. The lowest BCUT2D eigenvalue weighted by Gasteiger charge is -2.20. The molecular formula is C42H50N18O10S2. The molecule has 0 aliphatic heterocycles. The Kier molecular flexibility index (Phi) is 15.3. The average molecular weight is 1030 g/mol. The zero-order chi connectivity index (χ0) is 52.1. The van der Waals surface area contributed by atoms with Crippen molar-refractivity contribution in [2.45, 2.75) is 61.5 Å². The summed E-state index contributed by atoms with van der Waals surface area (Å²) in [6.07, 6.45) is 11.6. The highest BCUT2D eigenvalue weighted by atomic mass is 32.2. The van der Waals surface area contributed by atoms with Crippen LogP contribution in [0.5, 0.6) is 23.5 Å². The SMILES string of the molecule is COc1cnc([C@@H](C)[C@H](C)S(=O)(=O)Cc2nnc(-c3ccn(C)n3)n2-c2c(OC)nc[nH]c2=O)cn1.COc1cnc([C@@H](C)[C@H](C)S(=O)(=O)Cc2nnc(-c3ccn(C)n3)n2-c2c(OC)nc[nH]c2=O)cn1. The van der Waals surface area contributed by atoms with Crippen molar-refractivity contribution in [2.24, 2.45) is 14.1 Å². The van der Waals surface area contributed by atoms with Crippen LogP contribution in [-0.4, -0.2) is 145 Å². The number of nitrogens with zero attached hydrogens (tertiary/aromatic N) is 16. The number of nitrogens with one attached hydrogen (secondary N) is 2. The quantitative estimate of drug-likeness (QED) is 0.122. The number of methoxy groups -OCH3 is 4. The zero-order valence-electron chi connectivity index (χ0n) is 40.6. The molecule has 0 aliphatic carbocycles. The summed E-state index contributed by atoms with van der Waals surface area (Å²) in [5, 5.41) is 23.5. The van der Waals surface area contributed by atoms with Crippen molar-refractivity contribution in [1.82, 2.24) is 89.0 Å². The second kappa shape index (κ2) is 21.4. The first kappa shape index (κ1) is 51.6. The van der Waals surface area contributed by atoms with Gasteiger partial charge in [-0.05, 0) is 26.0 Å². The van der Waals surface area contributed by atoms with Crippen LogP contribution in [0, 0.1) is 0 Å². The molecule has 4 atom stereocenters. The van der Waals surface area contributed by atoms with Crippen LogP contribution in [0.3, 0.4) is 0 Å². The monoisotopic (exact) mass is 1030 g/mol. The van der Waals surface area contributed by atoms with E-state index in [0.717, 1.165) is 0 Å². The summed E-state index contributed by atoms with van der Waals surface area (Å²) in [5.74, 6) is -1.06. The van der Waals surface area contributed by atoms with Crippen molar-refractivity contribution >= 4 is 19.7 Å². The van der Waals surface area contributed by atoms with E-state index < -0.39 is 64.6 Å². The first-order chi connectivity index (χ1) is 34.3. The molecule has 8 rings (SSSR count). The zero-order valence-corrected chi connectivity index (χ0v) is 42.2. The summed E-state index contributed by atoms with van der Waals surface area (Å²) in [4.78, 5) is 55.5.